The Morgan fingerprint density at radius 2 is 2.00 bits per heavy atom. The molecule has 3 aromatic rings. The molecule has 0 N–H and O–H groups in total. The molecule has 10 heteroatoms. The van der Waals surface area contributed by atoms with Crippen molar-refractivity contribution in [2.75, 3.05) is 39.2 Å². The highest BCUT2D eigenvalue weighted by atomic mass is 35.5. The Kier molecular flexibility index (Phi) is 6.86. The number of benzene rings is 2. The number of aromatic nitrogens is 1. The van der Waals surface area contributed by atoms with Gasteiger partial charge in [0.05, 0.1) is 22.2 Å². The molecule has 8 nitrogen and oxygen atoms in total. The fraction of sp³-hybridized carbons (Fsp3) is 0.300. The largest absolute Gasteiger partial charge is 0.497 e. The van der Waals surface area contributed by atoms with Crippen LogP contribution in [0.5, 0.6) is 5.75 Å². The standard InChI is InChI=1S/C20H21ClN4O4S/c1-23(2)9-4-10-24(19(26)15-11-13(21)5-8-17(15)25(27)28)20-22-16-7-6-14(29-3)12-18(16)30-20/h5-8,11-12H,4,9-10H2,1-3H3. The molecular weight excluding hydrogens is 428 g/mol. The predicted molar refractivity (Wildman–Crippen MR) is 119 cm³/mol. The summed E-state index contributed by atoms with van der Waals surface area (Å²) in [7, 11) is 5.47. The number of methoxy groups -OCH3 is 1. The Balaban J connectivity index is 2.04. The van der Waals surface area contributed by atoms with E-state index in [9.17, 15) is 14.9 Å². The summed E-state index contributed by atoms with van der Waals surface area (Å²) < 4.78 is 6.12. The molecule has 0 spiro atoms. The van der Waals surface area contributed by atoms with Gasteiger partial charge in [-0.15, -0.1) is 0 Å². The second-order valence-corrected chi connectivity index (χ2v) is 8.31. The lowest BCUT2D eigenvalue weighted by Crippen LogP contribution is -2.33. The number of nitro groups is 1. The van der Waals surface area contributed by atoms with Gasteiger partial charge in [-0.1, -0.05) is 22.9 Å². The van der Waals surface area contributed by atoms with Crippen LogP contribution in [0.2, 0.25) is 5.02 Å². The number of halogens is 1. The van der Waals surface area contributed by atoms with Crippen LogP contribution >= 0.6 is 22.9 Å². The normalized spacial score (nSPS) is 11.1. The van der Waals surface area contributed by atoms with Gasteiger partial charge in [-0.25, -0.2) is 4.98 Å². The third kappa shape index (κ3) is 4.86. The van der Waals surface area contributed by atoms with E-state index in [1.807, 2.05) is 31.1 Å². The first-order valence-electron chi connectivity index (χ1n) is 9.15. The lowest BCUT2D eigenvalue weighted by molar-refractivity contribution is -0.385. The SMILES string of the molecule is COc1ccc2nc(N(CCCN(C)C)C(=O)c3cc(Cl)ccc3[N+](=O)[O-])sc2c1. The summed E-state index contributed by atoms with van der Waals surface area (Å²) in [6.45, 7) is 1.11. The molecule has 1 amide bonds. The number of rotatable bonds is 8. The third-order valence-corrected chi connectivity index (χ3v) is 5.71. The number of ether oxygens (including phenoxy) is 1. The number of hydrogen-bond acceptors (Lipinski definition) is 7. The maximum absolute atomic E-state index is 13.4. The Labute approximate surface area is 182 Å². The third-order valence-electron chi connectivity index (χ3n) is 4.43. The first-order valence-corrected chi connectivity index (χ1v) is 10.3. The highest BCUT2D eigenvalue weighted by molar-refractivity contribution is 7.22. The summed E-state index contributed by atoms with van der Waals surface area (Å²) in [6, 6.07) is 9.44. The molecule has 1 heterocycles. The van der Waals surface area contributed by atoms with Gasteiger partial charge in [-0.05, 0) is 57.4 Å². The van der Waals surface area contributed by atoms with E-state index in [1.54, 1.807) is 13.2 Å². The summed E-state index contributed by atoms with van der Waals surface area (Å²) >= 11 is 7.37. The minimum Gasteiger partial charge on any atom is -0.497 e. The van der Waals surface area contributed by atoms with Crippen molar-refractivity contribution in [3.8, 4) is 5.75 Å². The lowest BCUT2D eigenvalue weighted by Gasteiger charge is -2.21. The van der Waals surface area contributed by atoms with Crippen molar-refractivity contribution in [2.45, 2.75) is 6.42 Å². The second-order valence-electron chi connectivity index (χ2n) is 6.86. The van der Waals surface area contributed by atoms with E-state index in [1.165, 1.54) is 34.4 Å². The van der Waals surface area contributed by atoms with Crippen molar-refractivity contribution in [3.05, 3.63) is 57.1 Å². The average molecular weight is 449 g/mol. The van der Waals surface area contributed by atoms with Gasteiger partial charge in [0.1, 0.15) is 11.3 Å². The van der Waals surface area contributed by atoms with Crippen LogP contribution in [0, 0.1) is 10.1 Å². The van der Waals surface area contributed by atoms with Gasteiger partial charge in [0.25, 0.3) is 11.6 Å². The van der Waals surface area contributed by atoms with E-state index in [2.05, 4.69) is 4.98 Å². The van der Waals surface area contributed by atoms with E-state index in [0.29, 0.717) is 23.8 Å². The molecule has 1 aromatic heterocycles. The number of amides is 1. The lowest BCUT2D eigenvalue weighted by atomic mass is 10.1. The van der Waals surface area contributed by atoms with Crippen LogP contribution in [0.4, 0.5) is 10.8 Å². The molecule has 0 radical (unpaired) electrons. The van der Waals surface area contributed by atoms with E-state index < -0.39 is 10.8 Å². The van der Waals surface area contributed by atoms with Crippen LogP contribution in [0.25, 0.3) is 10.2 Å². The van der Waals surface area contributed by atoms with Crippen molar-refractivity contribution in [2.24, 2.45) is 0 Å². The number of nitrogens with zero attached hydrogens (tertiary/aromatic N) is 4. The zero-order valence-electron chi connectivity index (χ0n) is 16.8. The van der Waals surface area contributed by atoms with Gasteiger partial charge in [-0.2, -0.15) is 0 Å². The highest BCUT2D eigenvalue weighted by Crippen LogP contribution is 2.33. The molecule has 0 aliphatic heterocycles. The summed E-state index contributed by atoms with van der Waals surface area (Å²) in [5.41, 5.74) is 0.376. The molecule has 0 aliphatic rings. The minimum absolute atomic E-state index is 0.0609. The van der Waals surface area contributed by atoms with Gasteiger partial charge in [0.15, 0.2) is 5.13 Å². The monoisotopic (exact) mass is 448 g/mol. The molecule has 0 unspecified atom stereocenters. The van der Waals surface area contributed by atoms with E-state index in [-0.39, 0.29) is 16.3 Å². The highest BCUT2D eigenvalue weighted by Gasteiger charge is 2.28. The quantitative estimate of drug-likeness (QED) is 0.373. The predicted octanol–water partition coefficient (Wildman–Crippen LogP) is 4.47. The number of thiazole rings is 1. The van der Waals surface area contributed by atoms with Gasteiger partial charge in [-0.3, -0.25) is 19.8 Å². The van der Waals surface area contributed by atoms with Crippen LogP contribution < -0.4 is 9.64 Å². The summed E-state index contributed by atoms with van der Waals surface area (Å²) in [4.78, 5) is 32.4. The molecule has 2 aromatic carbocycles. The molecule has 0 saturated heterocycles. The first-order chi connectivity index (χ1) is 14.3. The molecule has 3 rings (SSSR count). The zero-order chi connectivity index (χ0) is 21.8. The van der Waals surface area contributed by atoms with Crippen LogP contribution in [-0.2, 0) is 0 Å². The van der Waals surface area contributed by atoms with Gasteiger partial charge < -0.3 is 9.64 Å². The Morgan fingerprint density at radius 1 is 1.23 bits per heavy atom. The second kappa shape index (κ2) is 9.38. The van der Waals surface area contributed by atoms with Crippen LogP contribution in [0.15, 0.2) is 36.4 Å². The Morgan fingerprint density at radius 3 is 2.67 bits per heavy atom. The zero-order valence-corrected chi connectivity index (χ0v) is 18.4. The van der Waals surface area contributed by atoms with Crippen molar-refractivity contribution in [1.29, 1.82) is 0 Å². The first kappa shape index (κ1) is 21.9. The summed E-state index contributed by atoms with van der Waals surface area (Å²) in [6.07, 6.45) is 0.673. The minimum atomic E-state index is -0.579. The molecular formula is C20H21ClN4O4S. The summed E-state index contributed by atoms with van der Waals surface area (Å²) in [5.74, 6) is 0.183. The molecule has 0 aliphatic carbocycles. The molecule has 158 valence electrons. The number of hydrogen-bond donors (Lipinski definition) is 0. The van der Waals surface area contributed by atoms with E-state index in [0.717, 1.165) is 16.8 Å². The van der Waals surface area contributed by atoms with E-state index >= 15 is 0 Å². The van der Waals surface area contributed by atoms with Crippen LogP contribution in [-0.4, -0.2) is 55.0 Å². The molecule has 0 fully saturated rings. The molecule has 0 bridgehead atoms. The Hall–Kier alpha value is -2.75. The van der Waals surface area contributed by atoms with Crippen molar-refractivity contribution in [1.82, 2.24) is 9.88 Å². The van der Waals surface area contributed by atoms with Gasteiger partial charge in [0.2, 0.25) is 0 Å². The van der Waals surface area contributed by atoms with Crippen LogP contribution in [0.3, 0.4) is 0 Å². The molecule has 0 atom stereocenters. The number of fused-ring (bicyclic) bond motifs is 1. The topological polar surface area (TPSA) is 88.8 Å². The smallest absolute Gasteiger partial charge is 0.282 e. The molecule has 0 saturated carbocycles. The average Bonchev–Trinajstić information content (AvgIpc) is 3.12. The fourth-order valence-corrected chi connectivity index (χ4v) is 4.14. The summed E-state index contributed by atoms with van der Waals surface area (Å²) in [5, 5.41) is 12.2. The van der Waals surface area contributed by atoms with Crippen LogP contribution in [0.1, 0.15) is 16.8 Å². The van der Waals surface area contributed by atoms with E-state index in [4.69, 9.17) is 16.3 Å². The fourth-order valence-electron chi connectivity index (χ4n) is 2.95. The number of anilines is 1. The number of nitro benzene ring substituents is 1. The van der Waals surface area contributed by atoms with Crippen molar-refractivity contribution in [3.63, 3.8) is 0 Å². The maximum atomic E-state index is 13.4. The maximum Gasteiger partial charge on any atom is 0.282 e. The molecule has 30 heavy (non-hydrogen) atoms. The number of carbonyl (C=O) groups excluding carboxylic acids is 1. The van der Waals surface area contributed by atoms with Gasteiger partial charge in [0, 0.05) is 17.6 Å². The van der Waals surface area contributed by atoms with Crippen molar-refractivity contribution < 1.29 is 14.5 Å². The number of carbonyl (C=O) groups is 1. The van der Waals surface area contributed by atoms with Crippen molar-refractivity contribution >= 4 is 49.9 Å². The van der Waals surface area contributed by atoms with Gasteiger partial charge >= 0.3 is 0 Å². The Bertz CT molecular complexity index is 1090.